The molecule has 8 nitrogen and oxygen atoms in total. The summed E-state index contributed by atoms with van der Waals surface area (Å²) in [6.07, 6.45) is 5.39. The summed E-state index contributed by atoms with van der Waals surface area (Å²) in [5, 5.41) is 8.59. The van der Waals surface area contributed by atoms with Crippen molar-refractivity contribution in [3.63, 3.8) is 0 Å². The van der Waals surface area contributed by atoms with E-state index in [0.717, 1.165) is 22.5 Å². The molecule has 0 amide bonds. The SMILES string of the molecule is [C-]#[N+]c1c(N)nc(SC)nc1N[C@@H](C)c1cc2nccn2nc1-c1ccccc1. The van der Waals surface area contributed by atoms with E-state index in [4.69, 9.17) is 17.4 Å². The molecule has 1 atom stereocenters. The average molecular weight is 402 g/mol. The van der Waals surface area contributed by atoms with E-state index in [0.29, 0.717) is 11.0 Å². The number of nitrogen functional groups attached to an aromatic ring is 1. The van der Waals surface area contributed by atoms with Crippen molar-refractivity contribution in [2.75, 3.05) is 17.3 Å². The number of benzene rings is 1. The molecular weight excluding hydrogens is 384 g/mol. The van der Waals surface area contributed by atoms with Gasteiger partial charge in [-0.3, -0.25) is 0 Å². The number of imidazole rings is 1. The minimum atomic E-state index is -0.205. The van der Waals surface area contributed by atoms with Crippen LogP contribution in [0.3, 0.4) is 0 Å². The average Bonchev–Trinajstić information content (AvgIpc) is 3.20. The molecule has 9 heteroatoms. The number of fused-ring (bicyclic) bond motifs is 1. The van der Waals surface area contributed by atoms with Gasteiger partial charge in [-0.15, -0.1) is 0 Å². The molecule has 4 aromatic rings. The highest BCUT2D eigenvalue weighted by Crippen LogP contribution is 2.35. The highest BCUT2D eigenvalue weighted by atomic mass is 32.2. The summed E-state index contributed by atoms with van der Waals surface area (Å²) in [4.78, 5) is 16.5. The summed E-state index contributed by atoms with van der Waals surface area (Å²) >= 11 is 1.37. The van der Waals surface area contributed by atoms with Crippen LogP contribution >= 0.6 is 11.8 Å². The third-order valence-electron chi connectivity index (χ3n) is 4.47. The van der Waals surface area contributed by atoms with Crippen LogP contribution in [0.2, 0.25) is 0 Å². The second-order valence-corrected chi connectivity index (χ2v) is 7.09. The molecule has 29 heavy (non-hydrogen) atoms. The second-order valence-electron chi connectivity index (χ2n) is 6.31. The first-order valence-electron chi connectivity index (χ1n) is 8.86. The molecule has 0 unspecified atom stereocenters. The van der Waals surface area contributed by atoms with Crippen molar-refractivity contribution >= 4 is 34.7 Å². The number of nitrogens with two attached hydrogens (primary N) is 1. The molecule has 4 rings (SSSR count). The normalized spacial score (nSPS) is 11.9. The topological polar surface area (TPSA) is 98.4 Å². The third-order valence-corrected chi connectivity index (χ3v) is 5.01. The maximum Gasteiger partial charge on any atom is 0.268 e. The van der Waals surface area contributed by atoms with Crippen molar-refractivity contribution in [2.45, 2.75) is 18.1 Å². The molecule has 1 aromatic carbocycles. The zero-order valence-corrected chi connectivity index (χ0v) is 16.7. The number of thioether (sulfide) groups is 1. The first-order valence-corrected chi connectivity index (χ1v) is 10.1. The smallest absolute Gasteiger partial charge is 0.268 e. The number of aromatic nitrogens is 5. The molecule has 0 radical (unpaired) electrons. The van der Waals surface area contributed by atoms with Gasteiger partial charge in [-0.25, -0.2) is 24.3 Å². The number of rotatable bonds is 5. The Bertz CT molecular complexity index is 1210. The van der Waals surface area contributed by atoms with Crippen LogP contribution in [-0.4, -0.2) is 30.8 Å². The Balaban J connectivity index is 1.81. The first kappa shape index (κ1) is 18.7. The molecule has 144 valence electrons. The van der Waals surface area contributed by atoms with Crippen LogP contribution in [0.25, 0.3) is 21.7 Å². The van der Waals surface area contributed by atoms with E-state index in [1.165, 1.54) is 11.8 Å². The van der Waals surface area contributed by atoms with Gasteiger partial charge in [0.25, 0.3) is 5.69 Å². The van der Waals surface area contributed by atoms with Crippen LogP contribution in [0, 0.1) is 6.57 Å². The largest absolute Gasteiger partial charge is 0.392 e. The summed E-state index contributed by atoms with van der Waals surface area (Å²) < 4.78 is 1.75. The van der Waals surface area contributed by atoms with Crippen molar-refractivity contribution in [1.82, 2.24) is 24.6 Å². The van der Waals surface area contributed by atoms with Gasteiger partial charge in [0.15, 0.2) is 10.8 Å². The van der Waals surface area contributed by atoms with Gasteiger partial charge in [0.1, 0.15) is 11.6 Å². The molecule has 3 N–H and O–H groups in total. The van der Waals surface area contributed by atoms with Crippen LogP contribution in [0.5, 0.6) is 0 Å². The minimum Gasteiger partial charge on any atom is -0.392 e. The Morgan fingerprint density at radius 1 is 1.24 bits per heavy atom. The molecule has 3 aromatic heterocycles. The predicted molar refractivity (Wildman–Crippen MR) is 115 cm³/mol. The van der Waals surface area contributed by atoms with Crippen LogP contribution in [0.1, 0.15) is 18.5 Å². The van der Waals surface area contributed by atoms with E-state index in [-0.39, 0.29) is 17.5 Å². The van der Waals surface area contributed by atoms with E-state index in [9.17, 15) is 0 Å². The first-order chi connectivity index (χ1) is 14.1. The molecule has 0 saturated carbocycles. The van der Waals surface area contributed by atoms with Crippen LogP contribution in [0.15, 0.2) is 53.9 Å². The lowest BCUT2D eigenvalue weighted by Gasteiger charge is -2.20. The van der Waals surface area contributed by atoms with Gasteiger partial charge in [-0.1, -0.05) is 42.1 Å². The quantitative estimate of drug-likeness (QED) is 0.293. The Hall–Kier alpha value is -3.64. The summed E-state index contributed by atoms with van der Waals surface area (Å²) in [5.41, 5.74) is 9.67. The van der Waals surface area contributed by atoms with Crippen molar-refractivity contribution in [3.05, 3.63) is 65.8 Å². The molecule has 0 fully saturated rings. The zero-order chi connectivity index (χ0) is 20.4. The van der Waals surface area contributed by atoms with Gasteiger partial charge < -0.3 is 11.1 Å². The maximum atomic E-state index is 7.46. The monoisotopic (exact) mass is 402 g/mol. The molecule has 3 heterocycles. The lowest BCUT2D eigenvalue weighted by atomic mass is 10.0. The molecule has 0 spiro atoms. The molecule has 0 bridgehead atoms. The van der Waals surface area contributed by atoms with E-state index in [1.807, 2.05) is 55.8 Å². The summed E-state index contributed by atoms with van der Waals surface area (Å²) in [7, 11) is 0. The zero-order valence-electron chi connectivity index (χ0n) is 15.9. The summed E-state index contributed by atoms with van der Waals surface area (Å²) in [6, 6.07) is 11.7. The van der Waals surface area contributed by atoms with Crippen LogP contribution in [0.4, 0.5) is 17.3 Å². The molecule has 0 aliphatic rings. The molecule has 0 aliphatic heterocycles. The Kier molecular flexibility index (Phi) is 5.01. The standard InChI is InChI=1S/C20H18N8S/c1-12(24-19-17(22-2)18(21)25-20(26-19)29-3)14-11-15-23-9-10-28(15)27-16(14)13-7-5-4-6-8-13/h4-12H,1,3H3,(H3,21,24,25,26)/t12-/m0/s1. The van der Waals surface area contributed by atoms with Crippen LogP contribution in [-0.2, 0) is 0 Å². The lowest BCUT2D eigenvalue weighted by molar-refractivity contribution is 0.834. The van der Waals surface area contributed by atoms with E-state index >= 15 is 0 Å². The number of nitrogens with one attached hydrogen (secondary N) is 1. The fourth-order valence-corrected chi connectivity index (χ4v) is 3.43. The number of hydrogen-bond donors (Lipinski definition) is 2. The van der Waals surface area contributed by atoms with Gasteiger partial charge in [-0.2, -0.15) is 5.10 Å². The molecule has 0 aliphatic carbocycles. The van der Waals surface area contributed by atoms with Crippen molar-refractivity contribution in [1.29, 1.82) is 0 Å². The second kappa shape index (κ2) is 7.77. The number of anilines is 2. The van der Waals surface area contributed by atoms with E-state index in [1.54, 1.807) is 10.7 Å². The van der Waals surface area contributed by atoms with E-state index in [2.05, 4.69) is 25.1 Å². The summed E-state index contributed by atoms with van der Waals surface area (Å²) in [6.45, 7) is 9.45. The van der Waals surface area contributed by atoms with Gasteiger partial charge in [0.2, 0.25) is 0 Å². The van der Waals surface area contributed by atoms with Gasteiger partial charge in [-0.05, 0) is 19.2 Å². The number of nitrogens with zero attached hydrogens (tertiary/aromatic N) is 6. The summed E-state index contributed by atoms with van der Waals surface area (Å²) in [5.74, 6) is 0.575. The number of hydrogen-bond acceptors (Lipinski definition) is 7. The fourth-order valence-electron chi connectivity index (χ4n) is 3.06. The Labute approximate surface area is 172 Å². The highest BCUT2D eigenvalue weighted by molar-refractivity contribution is 7.98. The van der Waals surface area contributed by atoms with Gasteiger partial charge in [0.05, 0.1) is 18.3 Å². The predicted octanol–water partition coefficient (Wildman–Crippen LogP) is 4.21. The highest BCUT2D eigenvalue weighted by Gasteiger charge is 2.19. The Morgan fingerprint density at radius 2 is 2.03 bits per heavy atom. The van der Waals surface area contributed by atoms with Crippen molar-refractivity contribution < 1.29 is 0 Å². The van der Waals surface area contributed by atoms with Crippen molar-refractivity contribution in [3.8, 4) is 11.3 Å². The lowest BCUT2D eigenvalue weighted by Crippen LogP contribution is -2.13. The van der Waals surface area contributed by atoms with Gasteiger partial charge >= 0.3 is 0 Å². The maximum absolute atomic E-state index is 7.46. The molecular formula is C20H18N8S. The minimum absolute atomic E-state index is 0.166. The van der Waals surface area contributed by atoms with Crippen LogP contribution < -0.4 is 11.1 Å². The van der Waals surface area contributed by atoms with Gasteiger partial charge in [0, 0.05) is 23.5 Å². The van der Waals surface area contributed by atoms with E-state index < -0.39 is 0 Å². The molecule has 0 saturated heterocycles. The Morgan fingerprint density at radius 3 is 2.76 bits per heavy atom. The van der Waals surface area contributed by atoms with Crippen molar-refractivity contribution in [2.24, 2.45) is 0 Å². The fraction of sp³-hybridized carbons (Fsp3) is 0.150. The third kappa shape index (κ3) is 3.58.